The van der Waals surface area contributed by atoms with Gasteiger partial charge in [0.25, 0.3) is 0 Å². The number of hydrogen-bond acceptors (Lipinski definition) is 10. The van der Waals surface area contributed by atoms with Crippen molar-refractivity contribution in [3.63, 3.8) is 0 Å². The summed E-state index contributed by atoms with van der Waals surface area (Å²) in [4.78, 5) is 14.7. The first kappa shape index (κ1) is 31.7. The summed E-state index contributed by atoms with van der Waals surface area (Å²) < 4.78 is 22.5. The molecule has 0 aromatic heterocycles. The molecule has 0 saturated heterocycles. The Hall–Kier alpha value is -4.28. The van der Waals surface area contributed by atoms with E-state index in [0.29, 0.717) is 23.0 Å². The van der Waals surface area contributed by atoms with Gasteiger partial charge in [0.1, 0.15) is 0 Å². The zero-order chi connectivity index (χ0) is 32.2. The van der Waals surface area contributed by atoms with E-state index >= 15 is 0 Å². The molecule has 0 fully saturated rings. The van der Waals surface area contributed by atoms with Crippen molar-refractivity contribution in [1.29, 1.82) is 0 Å². The lowest BCUT2D eigenvalue weighted by Crippen LogP contribution is -2.37. The maximum Gasteiger partial charge on any atom is 0.165 e. The number of benzene rings is 4. The Bertz CT molecular complexity index is 1620. The van der Waals surface area contributed by atoms with Crippen molar-refractivity contribution < 1.29 is 18.9 Å². The summed E-state index contributed by atoms with van der Waals surface area (Å²) >= 11 is 3.50. The van der Waals surface area contributed by atoms with Crippen LogP contribution < -0.4 is 18.9 Å². The molecule has 238 valence electrons. The molecule has 0 aliphatic carbocycles. The van der Waals surface area contributed by atoms with E-state index in [2.05, 4.69) is 84.6 Å². The van der Waals surface area contributed by atoms with Crippen molar-refractivity contribution >= 4 is 45.2 Å². The molecule has 4 aromatic rings. The van der Waals surface area contributed by atoms with E-state index in [0.717, 1.165) is 45.9 Å². The van der Waals surface area contributed by atoms with Crippen LogP contribution in [0.2, 0.25) is 0 Å². The van der Waals surface area contributed by atoms with E-state index in [1.165, 1.54) is 11.1 Å². The molecule has 2 atom stereocenters. The minimum Gasteiger partial charge on any atom is -0.493 e. The van der Waals surface area contributed by atoms with Gasteiger partial charge in [-0.05, 0) is 34.4 Å². The van der Waals surface area contributed by atoms with E-state index in [4.69, 9.17) is 28.9 Å². The molecule has 0 N–H and O–H groups in total. The monoisotopic (exact) mass is 654 g/mol. The quantitative estimate of drug-likeness (QED) is 0.180. The summed E-state index contributed by atoms with van der Waals surface area (Å²) in [6.45, 7) is 1.50. The third-order valence-corrected chi connectivity index (χ3v) is 10.9. The van der Waals surface area contributed by atoms with Crippen molar-refractivity contribution in [2.75, 3.05) is 55.6 Å². The smallest absolute Gasteiger partial charge is 0.165 e. The van der Waals surface area contributed by atoms with E-state index < -0.39 is 0 Å². The number of methoxy groups -OCH3 is 4. The number of thioether (sulfide) groups is 2. The average molecular weight is 655 g/mol. The Balaban J connectivity index is 1.26. The van der Waals surface area contributed by atoms with Crippen LogP contribution in [0.15, 0.2) is 94.9 Å². The molecule has 0 radical (unpaired) electrons. The van der Waals surface area contributed by atoms with Gasteiger partial charge >= 0.3 is 0 Å². The lowest BCUT2D eigenvalue weighted by molar-refractivity contribution is 0.354. The maximum absolute atomic E-state index is 5.64. The van der Waals surface area contributed by atoms with Gasteiger partial charge in [0.15, 0.2) is 33.3 Å². The zero-order valence-electron chi connectivity index (χ0n) is 26.9. The van der Waals surface area contributed by atoms with Gasteiger partial charge in [0.2, 0.25) is 0 Å². The summed E-state index contributed by atoms with van der Waals surface area (Å²) in [5.41, 5.74) is 6.41. The molecule has 2 heterocycles. The van der Waals surface area contributed by atoms with E-state index in [1.54, 1.807) is 52.0 Å². The highest BCUT2D eigenvalue weighted by Gasteiger charge is 2.31. The fourth-order valence-corrected chi connectivity index (χ4v) is 8.06. The van der Waals surface area contributed by atoms with Crippen LogP contribution in [0, 0.1) is 0 Å². The van der Waals surface area contributed by atoms with Crippen molar-refractivity contribution in [2.24, 2.45) is 9.98 Å². The molecular formula is C36H38N4O4S2. The molecule has 2 aliphatic rings. The highest BCUT2D eigenvalue weighted by Crippen LogP contribution is 2.50. The van der Waals surface area contributed by atoms with Gasteiger partial charge in [-0.1, -0.05) is 84.2 Å². The number of nitrogens with zero attached hydrogens (tertiary/aromatic N) is 4. The summed E-state index contributed by atoms with van der Waals surface area (Å²) in [6, 6.07) is 29.1. The largest absolute Gasteiger partial charge is 0.493 e. The second-order valence-corrected chi connectivity index (χ2v) is 13.1. The second-order valence-electron chi connectivity index (χ2n) is 11.0. The van der Waals surface area contributed by atoms with Gasteiger partial charge in [-0.25, -0.2) is 9.98 Å². The summed E-state index contributed by atoms with van der Waals surface area (Å²) in [5, 5.41) is 2.03. The standard InChI is InChI=1S/C36H38N4O4S2/c1-39(35-37-27-21-31(43-5)29(41-3)19-25(27)33(45-35)23-13-9-7-10-14-23)17-18-40(2)36-38-28-22-32(44-6)30(42-4)20-26(28)34(46-36)24-15-11-8-12-16-24/h7-16,19-22,33-34H,17-18H2,1-6H3. The minimum absolute atomic E-state index is 0.0667. The zero-order valence-corrected chi connectivity index (χ0v) is 28.5. The summed E-state index contributed by atoms with van der Waals surface area (Å²) in [6.07, 6.45) is 0. The van der Waals surface area contributed by atoms with E-state index in [-0.39, 0.29) is 10.5 Å². The lowest BCUT2D eigenvalue weighted by Gasteiger charge is -2.33. The van der Waals surface area contributed by atoms with Crippen LogP contribution in [0.25, 0.3) is 0 Å². The molecule has 2 unspecified atom stereocenters. The Labute approximate surface area is 279 Å². The number of fused-ring (bicyclic) bond motifs is 2. The van der Waals surface area contributed by atoms with Gasteiger partial charge in [-0.3, -0.25) is 0 Å². The molecule has 8 nitrogen and oxygen atoms in total. The predicted molar refractivity (Wildman–Crippen MR) is 190 cm³/mol. The third kappa shape index (κ3) is 6.37. The normalized spacial score (nSPS) is 16.7. The van der Waals surface area contributed by atoms with Crippen LogP contribution in [-0.4, -0.2) is 75.8 Å². The van der Waals surface area contributed by atoms with Crippen LogP contribution in [0.1, 0.15) is 32.8 Å². The number of amidine groups is 2. The highest BCUT2D eigenvalue weighted by atomic mass is 32.2. The Morgan fingerprint density at radius 1 is 0.543 bits per heavy atom. The molecular weight excluding hydrogens is 617 g/mol. The Morgan fingerprint density at radius 2 is 0.891 bits per heavy atom. The van der Waals surface area contributed by atoms with Crippen molar-refractivity contribution in [2.45, 2.75) is 10.5 Å². The first-order valence-electron chi connectivity index (χ1n) is 15.0. The molecule has 4 aromatic carbocycles. The molecule has 0 saturated carbocycles. The first-order valence-corrected chi connectivity index (χ1v) is 16.7. The van der Waals surface area contributed by atoms with Gasteiger partial charge in [-0.2, -0.15) is 0 Å². The molecule has 0 amide bonds. The van der Waals surface area contributed by atoms with E-state index in [9.17, 15) is 0 Å². The van der Waals surface area contributed by atoms with Gasteiger partial charge in [0, 0.05) is 39.3 Å². The first-order chi connectivity index (χ1) is 22.4. The number of ether oxygens (including phenoxy) is 4. The summed E-state index contributed by atoms with van der Waals surface area (Å²) in [5.74, 6) is 2.74. The molecule has 46 heavy (non-hydrogen) atoms. The van der Waals surface area contributed by atoms with E-state index in [1.807, 2.05) is 24.3 Å². The fraction of sp³-hybridized carbons (Fsp3) is 0.278. The Kier molecular flexibility index (Phi) is 9.65. The number of rotatable bonds is 9. The van der Waals surface area contributed by atoms with Gasteiger partial charge in [-0.15, -0.1) is 0 Å². The fourth-order valence-electron chi connectivity index (χ4n) is 5.57. The summed E-state index contributed by atoms with van der Waals surface area (Å²) in [7, 11) is 10.8. The van der Waals surface area contributed by atoms with Crippen LogP contribution in [0.4, 0.5) is 11.4 Å². The molecule has 10 heteroatoms. The average Bonchev–Trinajstić information content (AvgIpc) is 3.12. The maximum atomic E-state index is 5.64. The van der Waals surface area contributed by atoms with Crippen LogP contribution in [-0.2, 0) is 0 Å². The van der Waals surface area contributed by atoms with Crippen LogP contribution >= 0.6 is 23.5 Å². The van der Waals surface area contributed by atoms with Crippen molar-refractivity contribution in [1.82, 2.24) is 9.80 Å². The topological polar surface area (TPSA) is 68.1 Å². The molecule has 0 bridgehead atoms. The Morgan fingerprint density at radius 3 is 1.24 bits per heavy atom. The van der Waals surface area contributed by atoms with Crippen LogP contribution in [0.3, 0.4) is 0 Å². The predicted octanol–water partition coefficient (Wildman–Crippen LogP) is 7.93. The SMILES string of the molecule is COc1cc2c(cc1OC)C(c1ccccc1)SC(N(C)CCN(C)C1=Nc3cc(OC)c(OC)cc3C(c3ccccc3)S1)=N2. The van der Waals surface area contributed by atoms with Crippen LogP contribution in [0.5, 0.6) is 23.0 Å². The van der Waals surface area contributed by atoms with Crippen molar-refractivity contribution in [3.8, 4) is 23.0 Å². The number of aliphatic imine (C=N–C) groups is 2. The molecule has 2 aliphatic heterocycles. The highest BCUT2D eigenvalue weighted by molar-refractivity contribution is 8.14. The molecule has 6 rings (SSSR count). The second kappa shape index (κ2) is 14.0. The van der Waals surface area contributed by atoms with Gasteiger partial charge < -0.3 is 28.7 Å². The van der Waals surface area contributed by atoms with Crippen molar-refractivity contribution in [3.05, 3.63) is 107 Å². The number of likely N-dealkylation sites (N-methyl/N-ethyl adjacent to an activating group) is 2. The van der Waals surface area contributed by atoms with Gasteiger partial charge in [0.05, 0.1) is 50.3 Å². The molecule has 0 spiro atoms. The third-order valence-electron chi connectivity index (χ3n) is 8.14. The lowest BCUT2D eigenvalue weighted by atomic mass is 10.0. The minimum atomic E-state index is 0.0667. The number of hydrogen-bond donors (Lipinski definition) is 0.